The number of sulfonamides is 1. The number of rotatable bonds is 7. The number of carbonyl (C=O) groups excluding carboxylic acids is 1. The minimum Gasteiger partial charge on any atom is -0.455 e. The highest BCUT2D eigenvalue weighted by Crippen LogP contribution is 2.43. The number of nitrogens with one attached hydrogen (secondary N) is 2. The highest BCUT2D eigenvalue weighted by Gasteiger charge is 2.33. The molecule has 9 nitrogen and oxygen atoms in total. The molecule has 1 aliphatic rings. The number of hydrogen-bond donors (Lipinski definition) is 3. The number of sulfone groups is 1. The van der Waals surface area contributed by atoms with Crippen molar-refractivity contribution in [1.29, 1.82) is 0 Å². The van der Waals surface area contributed by atoms with Crippen molar-refractivity contribution >= 4 is 25.8 Å². The van der Waals surface area contributed by atoms with Crippen LogP contribution in [0.1, 0.15) is 12.0 Å². The zero-order valence-electron chi connectivity index (χ0n) is 17.1. The van der Waals surface area contributed by atoms with Crippen molar-refractivity contribution < 1.29 is 31.6 Å². The summed E-state index contributed by atoms with van der Waals surface area (Å²) in [6, 6.07) is 17.3. The number of carbonyl (C=O) groups is 1. The van der Waals surface area contributed by atoms with E-state index in [0.29, 0.717) is 6.42 Å². The Morgan fingerprint density at radius 1 is 0.939 bits per heavy atom. The molecule has 0 radical (unpaired) electrons. The molecule has 33 heavy (non-hydrogen) atoms. The van der Waals surface area contributed by atoms with Gasteiger partial charge in [0, 0.05) is 0 Å². The number of ether oxygens (including phenoxy) is 1. The summed E-state index contributed by atoms with van der Waals surface area (Å²) in [6.07, 6.45) is 0.431. The molecule has 0 aliphatic carbocycles. The molecule has 0 bridgehead atoms. The lowest BCUT2D eigenvalue weighted by molar-refractivity contribution is -0.131. The average molecular weight is 489 g/mol. The van der Waals surface area contributed by atoms with Crippen LogP contribution in [0.5, 0.6) is 11.5 Å². The first-order valence-electron chi connectivity index (χ1n) is 9.88. The van der Waals surface area contributed by atoms with Gasteiger partial charge < -0.3 is 4.74 Å². The lowest BCUT2D eigenvalue weighted by Gasteiger charge is -2.21. The largest absolute Gasteiger partial charge is 0.455 e. The highest BCUT2D eigenvalue weighted by molar-refractivity contribution is 7.92. The van der Waals surface area contributed by atoms with Gasteiger partial charge in [-0.2, -0.15) is 4.72 Å². The first-order valence-corrected chi connectivity index (χ1v) is 12.9. The number of para-hydroxylation sites is 1. The van der Waals surface area contributed by atoms with Gasteiger partial charge in [-0.25, -0.2) is 22.3 Å². The van der Waals surface area contributed by atoms with Crippen LogP contribution in [0.3, 0.4) is 0 Å². The molecule has 1 aliphatic heterocycles. The molecule has 1 atom stereocenters. The maximum atomic E-state index is 13.0. The van der Waals surface area contributed by atoms with E-state index in [1.165, 1.54) is 35.8 Å². The van der Waals surface area contributed by atoms with Gasteiger partial charge in [-0.05, 0) is 48.7 Å². The molecular formula is C22H20N2O7S2. The Labute approximate surface area is 191 Å². The summed E-state index contributed by atoms with van der Waals surface area (Å²) in [5, 5.41) is 9.06. The van der Waals surface area contributed by atoms with E-state index in [2.05, 4.69) is 4.72 Å². The van der Waals surface area contributed by atoms with Gasteiger partial charge >= 0.3 is 0 Å². The van der Waals surface area contributed by atoms with Crippen LogP contribution in [0.2, 0.25) is 0 Å². The average Bonchev–Trinajstić information content (AvgIpc) is 2.81. The van der Waals surface area contributed by atoms with Crippen molar-refractivity contribution in [2.45, 2.75) is 33.6 Å². The molecule has 0 fully saturated rings. The van der Waals surface area contributed by atoms with E-state index in [-0.39, 0.29) is 32.6 Å². The molecule has 11 heteroatoms. The molecule has 0 unspecified atom stereocenters. The maximum absolute atomic E-state index is 13.0. The lowest BCUT2D eigenvalue weighted by Crippen LogP contribution is -2.46. The smallest absolute Gasteiger partial charge is 0.261 e. The first kappa shape index (κ1) is 22.9. The molecule has 3 aromatic carbocycles. The van der Waals surface area contributed by atoms with Gasteiger partial charge in [0.2, 0.25) is 19.9 Å². The van der Waals surface area contributed by atoms with Gasteiger partial charge in [-0.3, -0.25) is 10.0 Å². The molecule has 1 heterocycles. The van der Waals surface area contributed by atoms with E-state index in [1.54, 1.807) is 6.07 Å². The Hall–Kier alpha value is -3.25. The molecule has 4 rings (SSSR count). The fraction of sp³-hybridized carbons (Fsp3) is 0.136. The number of hydroxylamine groups is 1. The number of aryl methyl sites for hydroxylation is 1. The van der Waals surface area contributed by atoms with Gasteiger partial charge in [-0.1, -0.05) is 42.5 Å². The van der Waals surface area contributed by atoms with Gasteiger partial charge in [0.1, 0.15) is 27.3 Å². The van der Waals surface area contributed by atoms with Crippen molar-refractivity contribution in [2.24, 2.45) is 0 Å². The van der Waals surface area contributed by atoms with Gasteiger partial charge in [0.05, 0.1) is 4.90 Å². The van der Waals surface area contributed by atoms with Crippen LogP contribution < -0.4 is 14.9 Å². The van der Waals surface area contributed by atoms with Gasteiger partial charge in [-0.15, -0.1) is 0 Å². The Kier molecular flexibility index (Phi) is 6.21. The van der Waals surface area contributed by atoms with E-state index in [0.717, 1.165) is 11.6 Å². The number of hydrogen-bond acceptors (Lipinski definition) is 7. The summed E-state index contributed by atoms with van der Waals surface area (Å²) < 4.78 is 59.9. The summed E-state index contributed by atoms with van der Waals surface area (Å²) in [5.41, 5.74) is 2.35. The first-order chi connectivity index (χ1) is 15.7. The Morgan fingerprint density at radius 3 is 2.33 bits per heavy atom. The fourth-order valence-corrected chi connectivity index (χ4v) is 6.33. The van der Waals surface area contributed by atoms with Crippen LogP contribution in [0, 0.1) is 0 Å². The minimum atomic E-state index is -4.32. The zero-order chi connectivity index (χ0) is 23.6. The third-order valence-electron chi connectivity index (χ3n) is 5.16. The fourth-order valence-electron chi connectivity index (χ4n) is 3.48. The van der Waals surface area contributed by atoms with Crippen LogP contribution >= 0.6 is 0 Å². The van der Waals surface area contributed by atoms with Crippen LogP contribution in [-0.4, -0.2) is 34.0 Å². The molecule has 172 valence electrons. The summed E-state index contributed by atoms with van der Waals surface area (Å²) in [4.78, 5) is 11.4. The van der Waals surface area contributed by atoms with E-state index < -0.39 is 31.8 Å². The van der Waals surface area contributed by atoms with Crippen molar-refractivity contribution in [3.63, 3.8) is 0 Å². The number of benzene rings is 3. The molecule has 3 aromatic rings. The highest BCUT2D eigenvalue weighted by atomic mass is 32.2. The maximum Gasteiger partial charge on any atom is 0.261 e. The summed E-state index contributed by atoms with van der Waals surface area (Å²) in [5.74, 6) is -0.780. The van der Waals surface area contributed by atoms with Crippen LogP contribution in [-0.2, 0) is 31.1 Å². The predicted octanol–water partition coefficient (Wildman–Crippen LogP) is 2.41. The minimum absolute atomic E-state index is 0.00128. The summed E-state index contributed by atoms with van der Waals surface area (Å²) in [6.45, 7) is 0. The quantitative estimate of drug-likeness (QED) is 0.268. The third kappa shape index (κ3) is 4.62. The summed E-state index contributed by atoms with van der Waals surface area (Å²) >= 11 is 0. The van der Waals surface area contributed by atoms with E-state index in [4.69, 9.17) is 9.94 Å². The Morgan fingerprint density at radius 2 is 1.61 bits per heavy atom. The lowest BCUT2D eigenvalue weighted by atomic mass is 10.1. The van der Waals surface area contributed by atoms with Crippen molar-refractivity contribution in [3.8, 4) is 11.5 Å². The van der Waals surface area contributed by atoms with Crippen molar-refractivity contribution in [2.75, 3.05) is 0 Å². The Bertz CT molecular complexity index is 1410. The summed E-state index contributed by atoms with van der Waals surface area (Å²) in [7, 11) is -8.34. The van der Waals surface area contributed by atoms with Gasteiger partial charge in [0.25, 0.3) is 5.91 Å². The zero-order valence-corrected chi connectivity index (χ0v) is 18.8. The second-order valence-corrected chi connectivity index (χ2v) is 10.9. The van der Waals surface area contributed by atoms with Crippen molar-refractivity contribution in [3.05, 3.63) is 78.4 Å². The topological polar surface area (TPSA) is 139 Å². The van der Waals surface area contributed by atoms with E-state index in [1.807, 2.05) is 30.3 Å². The molecule has 0 aromatic heterocycles. The molecule has 3 N–H and O–H groups in total. The SMILES string of the molecule is O=C(NO)[C@@H](CCc1ccccc1)NS(=O)(=O)c1ccc2c(c1)S(=O)(=O)c1ccccc1O2. The molecule has 0 saturated heterocycles. The number of fused-ring (bicyclic) bond motifs is 2. The second kappa shape index (κ2) is 8.94. The standard InChI is InChI=1S/C22H20N2O7S2/c25-22(23-26)17(12-10-15-6-2-1-3-7-15)24-33(29,30)16-11-13-19-21(14-16)32(27,28)20-9-5-4-8-18(20)31-19/h1-9,11,13-14,17,24,26H,10,12H2,(H,23,25)/t17-/m1/s1. The van der Waals surface area contributed by atoms with E-state index in [9.17, 15) is 21.6 Å². The van der Waals surface area contributed by atoms with Crippen LogP contribution in [0.25, 0.3) is 0 Å². The normalized spacial score (nSPS) is 14.9. The van der Waals surface area contributed by atoms with Crippen LogP contribution in [0.15, 0.2) is 87.5 Å². The molecule has 1 amide bonds. The molecule has 0 saturated carbocycles. The third-order valence-corrected chi connectivity index (χ3v) is 8.45. The van der Waals surface area contributed by atoms with Crippen LogP contribution in [0.4, 0.5) is 0 Å². The molecular weight excluding hydrogens is 468 g/mol. The monoisotopic (exact) mass is 488 g/mol. The second-order valence-electron chi connectivity index (χ2n) is 7.33. The molecule has 0 spiro atoms. The number of amides is 1. The predicted molar refractivity (Wildman–Crippen MR) is 117 cm³/mol. The van der Waals surface area contributed by atoms with E-state index >= 15 is 0 Å². The Balaban J connectivity index is 1.62. The van der Waals surface area contributed by atoms with Gasteiger partial charge in [0.15, 0.2) is 0 Å². The van der Waals surface area contributed by atoms with Crippen molar-refractivity contribution in [1.82, 2.24) is 10.2 Å².